The Morgan fingerprint density at radius 1 is 1.14 bits per heavy atom. The molecule has 4 aromatic rings. The largest absolute Gasteiger partial charge is 0.573 e. The van der Waals surface area contributed by atoms with Gasteiger partial charge in [0.2, 0.25) is 0 Å². The van der Waals surface area contributed by atoms with E-state index in [2.05, 4.69) is 14.7 Å². The van der Waals surface area contributed by atoms with Crippen LogP contribution in [0.1, 0.15) is 19.0 Å². The normalized spacial score (nSPS) is 12.6. The van der Waals surface area contributed by atoms with Crippen LogP contribution in [0.4, 0.5) is 13.2 Å². The van der Waals surface area contributed by atoms with Crippen molar-refractivity contribution in [2.24, 2.45) is 7.05 Å². The highest BCUT2D eigenvalue weighted by Crippen LogP contribution is 2.30. The van der Waals surface area contributed by atoms with Crippen molar-refractivity contribution in [1.29, 1.82) is 0 Å². The van der Waals surface area contributed by atoms with Gasteiger partial charge in [0.1, 0.15) is 11.5 Å². The van der Waals surface area contributed by atoms with Gasteiger partial charge in [-0.3, -0.25) is 23.5 Å². The van der Waals surface area contributed by atoms with Crippen LogP contribution in [0.2, 0.25) is 5.02 Å². The lowest BCUT2D eigenvalue weighted by atomic mass is 10.3. The third-order valence-electron chi connectivity index (χ3n) is 5.34. The average molecular weight is 541 g/mol. The average Bonchev–Trinajstić information content (AvgIpc) is 3.16. The molecule has 0 spiro atoms. The summed E-state index contributed by atoms with van der Waals surface area (Å²) in [6.07, 6.45) is -3.71. The van der Waals surface area contributed by atoms with Gasteiger partial charge in [-0.2, -0.15) is 4.98 Å². The Bertz CT molecular complexity index is 1540. The predicted octanol–water partition coefficient (Wildman–Crippen LogP) is 3.19. The van der Waals surface area contributed by atoms with Crippen molar-refractivity contribution in [2.45, 2.75) is 38.9 Å². The number of imidazole rings is 1. The number of ether oxygens (including phenoxy) is 2. The number of hydrogen-bond acceptors (Lipinski definition) is 6. The molecule has 1 atom stereocenters. The molecule has 1 aromatic carbocycles. The third-order valence-corrected chi connectivity index (χ3v) is 5.56. The zero-order valence-electron chi connectivity index (χ0n) is 19.6. The highest BCUT2D eigenvalue weighted by molar-refractivity contribution is 6.30. The summed E-state index contributed by atoms with van der Waals surface area (Å²) in [6.45, 7) is 1.64. The Hall–Kier alpha value is -3.84. The molecule has 0 aliphatic carbocycles. The maximum absolute atomic E-state index is 13.4. The number of halogens is 4. The van der Waals surface area contributed by atoms with E-state index in [9.17, 15) is 22.8 Å². The summed E-state index contributed by atoms with van der Waals surface area (Å²) < 4.78 is 51.3. The fraction of sp³-hybridized carbons (Fsp3) is 0.304. The van der Waals surface area contributed by atoms with Crippen LogP contribution in [0.25, 0.3) is 11.2 Å². The number of nitrogens with zero attached hydrogens (tertiary/aromatic N) is 5. The molecule has 37 heavy (non-hydrogen) atoms. The van der Waals surface area contributed by atoms with Gasteiger partial charge in [-0.15, -0.1) is 13.2 Å². The molecule has 0 aliphatic rings. The fourth-order valence-electron chi connectivity index (χ4n) is 3.60. The van der Waals surface area contributed by atoms with E-state index in [4.69, 9.17) is 21.4 Å². The van der Waals surface area contributed by atoms with Gasteiger partial charge >= 0.3 is 18.1 Å². The molecule has 0 fully saturated rings. The quantitative estimate of drug-likeness (QED) is 0.317. The van der Waals surface area contributed by atoms with Crippen LogP contribution in [0.15, 0.2) is 52.2 Å². The van der Waals surface area contributed by atoms with Gasteiger partial charge in [0.05, 0.1) is 17.3 Å². The lowest BCUT2D eigenvalue weighted by Crippen LogP contribution is -2.40. The van der Waals surface area contributed by atoms with E-state index in [1.165, 1.54) is 34.5 Å². The molecule has 0 saturated carbocycles. The SMILES string of the molecule is CC([OH2+])CCn1c(=O)c2c(nc(Oc3cccc(OC(F)(F)F)c3)n2Cc2ccc(Cl)cn2)n(C)c1=O. The van der Waals surface area contributed by atoms with Gasteiger partial charge in [-0.25, -0.2) is 4.79 Å². The Labute approximate surface area is 212 Å². The minimum atomic E-state index is -4.90. The molecular weight excluding hydrogens is 519 g/mol. The molecular formula is C23H22ClF3N5O5+. The van der Waals surface area contributed by atoms with Crippen LogP contribution in [0.3, 0.4) is 0 Å². The predicted molar refractivity (Wildman–Crippen MR) is 128 cm³/mol. The number of rotatable bonds is 8. The van der Waals surface area contributed by atoms with Crippen molar-refractivity contribution in [3.05, 3.63) is 74.1 Å². The molecule has 0 amide bonds. The van der Waals surface area contributed by atoms with Gasteiger partial charge in [-0.1, -0.05) is 17.7 Å². The minimum absolute atomic E-state index is 0.0110. The van der Waals surface area contributed by atoms with Crippen molar-refractivity contribution in [3.8, 4) is 17.5 Å². The number of benzene rings is 1. The molecule has 196 valence electrons. The lowest BCUT2D eigenvalue weighted by molar-refractivity contribution is -0.274. The number of alkyl halides is 3. The molecule has 0 aliphatic heterocycles. The van der Waals surface area contributed by atoms with Crippen molar-refractivity contribution in [3.63, 3.8) is 0 Å². The zero-order valence-corrected chi connectivity index (χ0v) is 20.4. The Balaban J connectivity index is 1.87. The summed E-state index contributed by atoms with van der Waals surface area (Å²) >= 11 is 5.93. The van der Waals surface area contributed by atoms with Gasteiger partial charge < -0.3 is 14.6 Å². The van der Waals surface area contributed by atoms with Crippen LogP contribution in [0.5, 0.6) is 17.5 Å². The zero-order chi connectivity index (χ0) is 26.9. The molecule has 14 heteroatoms. The van der Waals surface area contributed by atoms with Gasteiger partial charge in [0.25, 0.3) is 5.56 Å². The van der Waals surface area contributed by atoms with Crippen molar-refractivity contribution in [2.75, 3.05) is 0 Å². The van der Waals surface area contributed by atoms with E-state index in [1.807, 2.05) is 0 Å². The summed E-state index contributed by atoms with van der Waals surface area (Å²) in [5, 5.41) is 8.13. The van der Waals surface area contributed by atoms with Gasteiger partial charge in [0, 0.05) is 39.2 Å². The van der Waals surface area contributed by atoms with Crippen molar-refractivity contribution < 1.29 is 27.8 Å². The molecule has 10 nitrogen and oxygen atoms in total. The second-order valence-corrected chi connectivity index (χ2v) is 8.67. The first-order valence-electron chi connectivity index (χ1n) is 11.0. The number of aromatic nitrogens is 5. The number of hydrogen-bond donors (Lipinski definition) is 0. The van der Waals surface area contributed by atoms with E-state index in [0.717, 1.165) is 16.7 Å². The Kier molecular flexibility index (Phi) is 7.28. The summed E-state index contributed by atoms with van der Waals surface area (Å²) in [5.41, 5.74) is -0.767. The topological polar surface area (TPSA) is 116 Å². The second kappa shape index (κ2) is 10.3. The van der Waals surface area contributed by atoms with Crippen LogP contribution >= 0.6 is 11.6 Å². The van der Waals surface area contributed by atoms with Crippen LogP contribution in [0, 0.1) is 0 Å². The first-order chi connectivity index (χ1) is 17.4. The summed E-state index contributed by atoms with van der Waals surface area (Å²) in [7, 11) is 1.43. The van der Waals surface area contributed by atoms with E-state index in [1.54, 1.807) is 19.1 Å². The highest BCUT2D eigenvalue weighted by Gasteiger charge is 2.31. The van der Waals surface area contributed by atoms with Crippen molar-refractivity contribution >= 4 is 22.8 Å². The molecule has 3 aromatic heterocycles. The maximum atomic E-state index is 13.4. The number of fused-ring (bicyclic) bond motifs is 1. The molecule has 3 heterocycles. The molecule has 0 bridgehead atoms. The summed E-state index contributed by atoms with van der Waals surface area (Å²) in [4.78, 5) is 34.9. The van der Waals surface area contributed by atoms with Gasteiger partial charge in [-0.05, 0) is 24.3 Å². The summed E-state index contributed by atoms with van der Waals surface area (Å²) in [6, 6.07) is 7.88. The van der Waals surface area contributed by atoms with Crippen LogP contribution in [-0.4, -0.2) is 41.2 Å². The monoisotopic (exact) mass is 540 g/mol. The Morgan fingerprint density at radius 3 is 2.51 bits per heavy atom. The fourth-order valence-corrected chi connectivity index (χ4v) is 3.71. The maximum Gasteiger partial charge on any atom is 0.573 e. The van der Waals surface area contributed by atoms with E-state index < -0.39 is 29.5 Å². The molecule has 1 unspecified atom stereocenters. The van der Waals surface area contributed by atoms with Crippen LogP contribution in [-0.2, 0) is 20.1 Å². The molecule has 0 saturated heterocycles. The smallest absolute Gasteiger partial charge is 0.443 e. The number of pyridine rings is 1. The highest BCUT2D eigenvalue weighted by atomic mass is 35.5. The first-order valence-corrected chi connectivity index (χ1v) is 11.4. The van der Waals surface area contributed by atoms with Crippen molar-refractivity contribution in [1.82, 2.24) is 23.7 Å². The molecule has 2 N–H and O–H groups in total. The molecule has 0 radical (unpaired) electrons. The van der Waals surface area contributed by atoms with E-state index in [-0.39, 0.29) is 42.4 Å². The molecule has 4 rings (SSSR count). The first kappa shape index (κ1) is 26.2. The Morgan fingerprint density at radius 2 is 1.86 bits per heavy atom. The standard InChI is InChI=1S/C23H21ClF3N5O5/c1-13(33)8-9-31-20(34)18-19(30(2)22(31)35)29-21(32(18)12-15-7-6-14(24)11-28-15)36-16-4-3-5-17(10-16)37-23(25,26)27/h3-7,10-11,13,33H,8-9,12H2,1-2H3/p+1. The lowest BCUT2D eigenvalue weighted by Gasteiger charge is -2.12. The van der Waals surface area contributed by atoms with E-state index in [0.29, 0.717) is 10.7 Å². The second-order valence-electron chi connectivity index (χ2n) is 8.23. The van der Waals surface area contributed by atoms with Crippen LogP contribution < -0.4 is 20.7 Å². The third kappa shape index (κ3) is 5.94. The van der Waals surface area contributed by atoms with E-state index >= 15 is 0 Å². The van der Waals surface area contributed by atoms with Gasteiger partial charge in [0.15, 0.2) is 17.3 Å². The summed E-state index contributed by atoms with van der Waals surface area (Å²) in [5.74, 6) is -0.554. The minimum Gasteiger partial charge on any atom is -0.443 e. The number of aryl methyl sites for hydroxylation is 1.